The molecule has 1 rings (SSSR count). The van der Waals surface area contributed by atoms with Gasteiger partial charge in [-0.05, 0) is 23.9 Å². The Hall–Kier alpha value is -0.585. The van der Waals surface area contributed by atoms with E-state index < -0.39 is 18.8 Å². The first-order valence-electron chi connectivity index (χ1n) is 3.45. The molecule has 0 atom stereocenters. The van der Waals surface area contributed by atoms with Gasteiger partial charge in [-0.2, -0.15) is 0 Å². The molecule has 13 heavy (non-hydrogen) atoms. The van der Waals surface area contributed by atoms with Gasteiger partial charge in [-0.1, -0.05) is 0 Å². The lowest BCUT2D eigenvalue weighted by molar-refractivity contribution is 0.424. The molecule has 0 saturated heterocycles. The molecule has 70 valence electrons. The van der Waals surface area contributed by atoms with Crippen molar-refractivity contribution in [3.8, 4) is 0 Å². The second-order valence-electron chi connectivity index (χ2n) is 2.39. The highest BCUT2D eigenvalue weighted by Gasteiger charge is 2.17. The minimum Gasteiger partial charge on any atom is -0.423 e. The Morgan fingerprint density at radius 2 is 1.69 bits per heavy atom. The van der Waals surface area contributed by atoms with Crippen molar-refractivity contribution in [2.24, 2.45) is 0 Å². The zero-order chi connectivity index (χ0) is 10.0. The van der Waals surface area contributed by atoms with E-state index in [1.54, 1.807) is 0 Å². The van der Waals surface area contributed by atoms with E-state index in [-0.39, 0.29) is 10.4 Å². The van der Waals surface area contributed by atoms with Gasteiger partial charge in [-0.25, -0.2) is 8.78 Å². The Morgan fingerprint density at radius 1 is 1.23 bits per heavy atom. The topological polar surface area (TPSA) is 40.5 Å². The summed E-state index contributed by atoms with van der Waals surface area (Å²) in [5, 5.41) is 17.3. The fourth-order valence-electron chi connectivity index (χ4n) is 0.924. The first kappa shape index (κ1) is 10.5. The van der Waals surface area contributed by atoms with Gasteiger partial charge in [-0.15, -0.1) is 11.8 Å². The van der Waals surface area contributed by atoms with Gasteiger partial charge in [0, 0.05) is 0 Å². The lowest BCUT2D eigenvalue weighted by Gasteiger charge is -2.04. The normalized spacial score (nSPS) is 10.2. The van der Waals surface area contributed by atoms with Crippen molar-refractivity contribution < 1.29 is 18.8 Å². The quantitative estimate of drug-likeness (QED) is 0.540. The summed E-state index contributed by atoms with van der Waals surface area (Å²) < 4.78 is 26.0. The number of hydrogen-bond acceptors (Lipinski definition) is 3. The van der Waals surface area contributed by atoms with Crippen molar-refractivity contribution in [2.75, 3.05) is 6.26 Å². The summed E-state index contributed by atoms with van der Waals surface area (Å²) in [7, 11) is -1.85. The third-order valence-electron chi connectivity index (χ3n) is 1.52. The number of thioether (sulfide) groups is 1. The Kier molecular flexibility index (Phi) is 3.30. The van der Waals surface area contributed by atoms with Gasteiger partial charge in [0.25, 0.3) is 0 Å². The molecule has 0 bridgehead atoms. The molecular weight excluding hydrogens is 197 g/mol. The molecule has 0 unspecified atom stereocenters. The smallest absolute Gasteiger partial charge is 0.423 e. The Labute approximate surface area is 78.7 Å². The summed E-state index contributed by atoms with van der Waals surface area (Å²) in [6, 6.07) is 1.80. The second kappa shape index (κ2) is 4.08. The van der Waals surface area contributed by atoms with Gasteiger partial charge in [-0.3, -0.25) is 0 Å². The van der Waals surface area contributed by atoms with Crippen LogP contribution in [0.3, 0.4) is 0 Å². The van der Waals surface area contributed by atoms with Gasteiger partial charge >= 0.3 is 7.12 Å². The maximum Gasteiger partial charge on any atom is 0.488 e. The fraction of sp³-hybridized carbons (Fsp3) is 0.143. The standard InChI is InChI=1S/C7H7BF2O2S/c1-13-7-5(9)2-4(8(11)12)3-6(7)10/h2-3,11-12H,1H3. The van der Waals surface area contributed by atoms with Gasteiger partial charge in [0.05, 0.1) is 4.90 Å². The van der Waals surface area contributed by atoms with Crippen molar-refractivity contribution in [2.45, 2.75) is 4.90 Å². The molecule has 0 aliphatic rings. The van der Waals surface area contributed by atoms with Crippen LogP contribution in [0.1, 0.15) is 0 Å². The first-order chi connectivity index (χ1) is 6.06. The van der Waals surface area contributed by atoms with Gasteiger partial charge < -0.3 is 10.0 Å². The van der Waals surface area contributed by atoms with E-state index in [9.17, 15) is 8.78 Å². The minimum atomic E-state index is -1.85. The minimum absolute atomic E-state index is 0.121. The highest BCUT2D eigenvalue weighted by Crippen LogP contribution is 2.21. The number of rotatable bonds is 2. The van der Waals surface area contributed by atoms with E-state index in [2.05, 4.69) is 0 Å². The van der Waals surface area contributed by atoms with Crippen LogP contribution in [0.15, 0.2) is 17.0 Å². The van der Waals surface area contributed by atoms with E-state index in [1.807, 2.05) is 0 Å². The van der Waals surface area contributed by atoms with Crippen molar-refractivity contribution in [3.63, 3.8) is 0 Å². The van der Waals surface area contributed by atoms with Crippen molar-refractivity contribution >= 4 is 24.3 Å². The van der Waals surface area contributed by atoms with E-state index in [1.165, 1.54) is 6.26 Å². The van der Waals surface area contributed by atoms with Crippen LogP contribution in [0.4, 0.5) is 8.78 Å². The molecule has 0 fully saturated rings. The summed E-state index contributed by atoms with van der Waals surface area (Å²) in [5.74, 6) is -1.56. The van der Waals surface area contributed by atoms with Crippen LogP contribution in [0, 0.1) is 11.6 Å². The van der Waals surface area contributed by atoms with Crippen LogP contribution in [0.2, 0.25) is 0 Å². The molecule has 0 amide bonds. The summed E-state index contributed by atoms with van der Waals surface area (Å²) in [6.45, 7) is 0. The van der Waals surface area contributed by atoms with Crippen LogP contribution in [0.25, 0.3) is 0 Å². The van der Waals surface area contributed by atoms with E-state index in [0.29, 0.717) is 0 Å². The molecule has 2 nitrogen and oxygen atoms in total. The lowest BCUT2D eigenvalue weighted by atomic mass is 9.80. The Balaban J connectivity index is 3.20. The van der Waals surface area contributed by atoms with Crippen molar-refractivity contribution in [3.05, 3.63) is 23.8 Å². The van der Waals surface area contributed by atoms with E-state index >= 15 is 0 Å². The fourth-order valence-corrected chi connectivity index (χ4v) is 1.43. The summed E-state index contributed by atoms with van der Waals surface area (Å²) in [4.78, 5) is -0.121. The largest absolute Gasteiger partial charge is 0.488 e. The number of halogens is 2. The molecular formula is C7H7BF2O2S. The highest BCUT2D eigenvalue weighted by molar-refractivity contribution is 7.98. The molecule has 0 heterocycles. The molecule has 0 radical (unpaired) electrons. The molecule has 0 aliphatic carbocycles. The van der Waals surface area contributed by atoms with E-state index in [0.717, 1.165) is 23.9 Å². The lowest BCUT2D eigenvalue weighted by Crippen LogP contribution is -2.30. The average Bonchev–Trinajstić information content (AvgIpc) is 2.03. The molecule has 0 saturated carbocycles. The predicted octanol–water partition coefficient (Wildman–Crippen LogP) is 0.366. The molecule has 0 aromatic heterocycles. The maximum atomic E-state index is 13.0. The second-order valence-corrected chi connectivity index (χ2v) is 3.21. The summed E-state index contributed by atoms with van der Waals surface area (Å²) in [6.07, 6.45) is 1.54. The summed E-state index contributed by atoms with van der Waals surface area (Å²) in [5.41, 5.74) is -0.187. The zero-order valence-electron chi connectivity index (χ0n) is 6.79. The van der Waals surface area contributed by atoms with Crippen molar-refractivity contribution in [1.29, 1.82) is 0 Å². The van der Waals surface area contributed by atoms with E-state index in [4.69, 9.17) is 10.0 Å². The maximum absolute atomic E-state index is 13.0. The van der Waals surface area contributed by atoms with Crippen LogP contribution >= 0.6 is 11.8 Å². The average molecular weight is 204 g/mol. The van der Waals surface area contributed by atoms with Gasteiger partial charge in [0.15, 0.2) is 0 Å². The molecule has 0 aliphatic heterocycles. The molecule has 1 aromatic carbocycles. The van der Waals surface area contributed by atoms with Crippen LogP contribution in [-0.4, -0.2) is 23.4 Å². The highest BCUT2D eigenvalue weighted by atomic mass is 32.2. The van der Waals surface area contributed by atoms with Gasteiger partial charge in [0.1, 0.15) is 11.6 Å². The monoisotopic (exact) mass is 204 g/mol. The molecule has 0 spiro atoms. The van der Waals surface area contributed by atoms with Crippen LogP contribution in [-0.2, 0) is 0 Å². The molecule has 6 heteroatoms. The van der Waals surface area contributed by atoms with Crippen LogP contribution in [0.5, 0.6) is 0 Å². The Bertz CT molecular complexity index is 296. The SMILES string of the molecule is CSc1c(F)cc(B(O)O)cc1F. The summed E-state index contributed by atoms with van der Waals surface area (Å²) >= 11 is 0.929. The third kappa shape index (κ3) is 2.21. The Morgan fingerprint density at radius 3 is 2.00 bits per heavy atom. The molecule has 1 aromatic rings. The van der Waals surface area contributed by atoms with Gasteiger partial charge in [0.2, 0.25) is 0 Å². The predicted molar refractivity (Wildman–Crippen MR) is 48.0 cm³/mol. The molecule has 2 N–H and O–H groups in total. The number of benzene rings is 1. The van der Waals surface area contributed by atoms with Crippen molar-refractivity contribution in [1.82, 2.24) is 0 Å². The zero-order valence-corrected chi connectivity index (χ0v) is 7.61. The third-order valence-corrected chi connectivity index (χ3v) is 2.32. The van der Waals surface area contributed by atoms with Crippen LogP contribution < -0.4 is 5.46 Å². The number of hydrogen-bond donors (Lipinski definition) is 2. The first-order valence-corrected chi connectivity index (χ1v) is 4.67.